The van der Waals surface area contributed by atoms with Crippen LogP contribution in [0.4, 0.5) is 5.69 Å². The van der Waals surface area contributed by atoms with Gasteiger partial charge >= 0.3 is 0 Å². The summed E-state index contributed by atoms with van der Waals surface area (Å²) in [7, 11) is 3.06. The SMILES string of the molecule is COc1ccc(OC)c(NC(=O)C2(C(=O)N3CCN(C(C)=O)CC3)CC2)c1. The minimum absolute atomic E-state index is 0.00565. The fourth-order valence-corrected chi connectivity index (χ4v) is 3.34. The molecule has 3 rings (SSSR count). The summed E-state index contributed by atoms with van der Waals surface area (Å²) < 4.78 is 10.5. The van der Waals surface area contributed by atoms with Crippen LogP contribution in [-0.2, 0) is 14.4 Å². The van der Waals surface area contributed by atoms with Gasteiger partial charge in [-0.15, -0.1) is 0 Å². The van der Waals surface area contributed by atoms with E-state index >= 15 is 0 Å². The second-order valence-corrected chi connectivity index (χ2v) is 6.90. The van der Waals surface area contributed by atoms with Gasteiger partial charge in [-0.1, -0.05) is 0 Å². The smallest absolute Gasteiger partial charge is 0.240 e. The van der Waals surface area contributed by atoms with Crippen molar-refractivity contribution >= 4 is 23.4 Å². The number of ether oxygens (including phenoxy) is 2. The Morgan fingerprint density at radius 2 is 1.63 bits per heavy atom. The zero-order valence-electron chi connectivity index (χ0n) is 15.9. The molecule has 1 aromatic carbocycles. The quantitative estimate of drug-likeness (QED) is 0.779. The van der Waals surface area contributed by atoms with Gasteiger partial charge in [0.15, 0.2) is 0 Å². The first-order chi connectivity index (χ1) is 12.9. The van der Waals surface area contributed by atoms with Crippen LogP contribution in [0.3, 0.4) is 0 Å². The van der Waals surface area contributed by atoms with E-state index in [4.69, 9.17) is 9.47 Å². The molecule has 1 saturated heterocycles. The number of carbonyl (C=O) groups is 3. The van der Waals surface area contributed by atoms with Gasteiger partial charge in [-0.05, 0) is 25.0 Å². The molecule has 27 heavy (non-hydrogen) atoms. The molecule has 3 amide bonds. The fourth-order valence-electron chi connectivity index (χ4n) is 3.34. The molecular formula is C19H25N3O5. The molecule has 146 valence electrons. The molecule has 2 fully saturated rings. The standard InChI is InChI=1S/C19H25N3O5/c1-13(23)21-8-10-22(11-9-21)18(25)19(6-7-19)17(24)20-15-12-14(26-2)4-5-16(15)27-3/h4-5,12H,6-11H2,1-3H3,(H,20,24). The van der Waals surface area contributed by atoms with E-state index in [0.29, 0.717) is 56.2 Å². The van der Waals surface area contributed by atoms with E-state index in [1.54, 1.807) is 35.1 Å². The number of amides is 3. The van der Waals surface area contributed by atoms with Crippen molar-refractivity contribution in [1.29, 1.82) is 0 Å². The van der Waals surface area contributed by atoms with Gasteiger partial charge in [0.05, 0.1) is 19.9 Å². The molecule has 1 aliphatic heterocycles. The predicted octanol–water partition coefficient (Wildman–Crippen LogP) is 1.11. The van der Waals surface area contributed by atoms with Crippen molar-refractivity contribution in [2.75, 3.05) is 45.7 Å². The molecule has 1 aliphatic carbocycles. The van der Waals surface area contributed by atoms with Crippen LogP contribution in [0.25, 0.3) is 0 Å². The lowest BCUT2D eigenvalue weighted by Crippen LogP contribution is -2.53. The molecular weight excluding hydrogens is 350 g/mol. The minimum atomic E-state index is -1.02. The topological polar surface area (TPSA) is 88.2 Å². The van der Waals surface area contributed by atoms with E-state index in [0.717, 1.165) is 0 Å². The Bertz CT molecular complexity index is 752. The fraction of sp³-hybridized carbons (Fsp3) is 0.526. The first-order valence-corrected chi connectivity index (χ1v) is 8.99. The molecule has 1 heterocycles. The molecule has 0 atom stereocenters. The first-order valence-electron chi connectivity index (χ1n) is 8.99. The van der Waals surface area contributed by atoms with Crippen LogP contribution in [0.1, 0.15) is 19.8 Å². The highest BCUT2D eigenvalue weighted by molar-refractivity contribution is 6.13. The number of methoxy groups -OCH3 is 2. The number of nitrogens with zero attached hydrogens (tertiary/aromatic N) is 2. The number of rotatable bonds is 5. The summed E-state index contributed by atoms with van der Waals surface area (Å²) in [6.07, 6.45) is 1.05. The highest BCUT2D eigenvalue weighted by Crippen LogP contribution is 2.48. The number of piperazine rings is 1. The summed E-state index contributed by atoms with van der Waals surface area (Å²) in [4.78, 5) is 40.7. The number of benzene rings is 1. The Hall–Kier alpha value is -2.77. The average Bonchev–Trinajstić information content (AvgIpc) is 3.49. The second-order valence-electron chi connectivity index (χ2n) is 6.90. The molecule has 1 N–H and O–H groups in total. The van der Waals surface area contributed by atoms with Crippen LogP contribution < -0.4 is 14.8 Å². The second kappa shape index (κ2) is 7.46. The lowest BCUT2D eigenvalue weighted by Gasteiger charge is -2.35. The van der Waals surface area contributed by atoms with Crippen molar-refractivity contribution < 1.29 is 23.9 Å². The van der Waals surface area contributed by atoms with Gasteiger partial charge in [0, 0.05) is 39.2 Å². The van der Waals surface area contributed by atoms with E-state index in [2.05, 4.69) is 5.32 Å². The van der Waals surface area contributed by atoms with Crippen molar-refractivity contribution in [3.8, 4) is 11.5 Å². The summed E-state index contributed by atoms with van der Waals surface area (Å²) in [5.41, 5.74) is -0.547. The van der Waals surface area contributed by atoms with E-state index in [-0.39, 0.29) is 17.7 Å². The Balaban J connectivity index is 1.70. The third-order valence-corrected chi connectivity index (χ3v) is 5.26. The molecule has 0 aromatic heterocycles. The Kier molecular flexibility index (Phi) is 5.25. The number of carbonyl (C=O) groups excluding carboxylic acids is 3. The van der Waals surface area contributed by atoms with Crippen LogP contribution in [-0.4, -0.2) is 67.9 Å². The number of hydrogen-bond acceptors (Lipinski definition) is 5. The Morgan fingerprint density at radius 3 is 2.15 bits per heavy atom. The van der Waals surface area contributed by atoms with Gasteiger partial charge in [0.2, 0.25) is 17.7 Å². The molecule has 0 unspecified atom stereocenters. The third kappa shape index (κ3) is 3.70. The van der Waals surface area contributed by atoms with Crippen molar-refractivity contribution in [3.63, 3.8) is 0 Å². The number of hydrogen-bond donors (Lipinski definition) is 1. The lowest BCUT2D eigenvalue weighted by molar-refractivity contribution is -0.146. The summed E-state index contributed by atoms with van der Waals surface area (Å²) >= 11 is 0. The number of nitrogens with one attached hydrogen (secondary N) is 1. The van der Waals surface area contributed by atoms with Gasteiger partial charge < -0.3 is 24.6 Å². The van der Waals surface area contributed by atoms with E-state index in [9.17, 15) is 14.4 Å². The molecule has 0 spiro atoms. The molecule has 0 radical (unpaired) electrons. The average molecular weight is 375 g/mol. The van der Waals surface area contributed by atoms with Gasteiger partial charge in [-0.2, -0.15) is 0 Å². The van der Waals surface area contributed by atoms with E-state index in [1.165, 1.54) is 14.0 Å². The molecule has 8 heteroatoms. The maximum absolute atomic E-state index is 13.0. The third-order valence-electron chi connectivity index (χ3n) is 5.26. The highest BCUT2D eigenvalue weighted by Gasteiger charge is 2.58. The summed E-state index contributed by atoms with van der Waals surface area (Å²) in [6.45, 7) is 3.44. The monoisotopic (exact) mass is 375 g/mol. The molecule has 1 aromatic rings. The van der Waals surface area contributed by atoms with Gasteiger partial charge in [-0.3, -0.25) is 14.4 Å². The van der Waals surface area contributed by atoms with Crippen LogP contribution in [0.15, 0.2) is 18.2 Å². The van der Waals surface area contributed by atoms with Crippen LogP contribution >= 0.6 is 0 Å². The summed E-state index contributed by atoms with van der Waals surface area (Å²) in [5.74, 6) is 0.606. The molecule has 1 saturated carbocycles. The predicted molar refractivity (Wildman–Crippen MR) is 98.7 cm³/mol. The van der Waals surface area contributed by atoms with Crippen molar-refractivity contribution in [3.05, 3.63) is 18.2 Å². The Labute approximate surface area is 158 Å². The normalized spacial score (nSPS) is 17.9. The van der Waals surface area contributed by atoms with E-state index < -0.39 is 5.41 Å². The maximum Gasteiger partial charge on any atom is 0.240 e. The molecule has 2 aliphatic rings. The van der Waals surface area contributed by atoms with Crippen molar-refractivity contribution in [1.82, 2.24) is 9.80 Å². The van der Waals surface area contributed by atoms with Crippen LogP contribution in [0.5, 0.6) is 11.5 Å². The number of anilines is 1. The van der Waals surface area contributed by atoms with Crippen molar-refractivity contribution in [2.45, 2.75) is 19.8 Å². The van der Waals surface area contributed by atoms with Crippen molar-refractivity contribution in [2.24, 2.45) is 5.41 Å². The van der Waals surface area contributed by atoms with E-state index in [1.807, 2.05) is 0 Å². The van der Waals surface area contributed by atoms with Crippen LogP contribution in [0.2, 0.25) is 0 Å². The zero-order chi connectivity index (χ0) is 19.6. The summed E-state index contributed by atoms with van der Waals surface area (Å²) in [6, 6.07) is 5.11. The Morgan fingerprint density at radius 1 is 1.00 bits per heavy atom. The largest absolute Gasteiger partial charge is 0.497 e. The van der Waals surface area contributed by atoms with Gasteiger partial charge in [0.25, 0.3) is 0 Å². The first kappa shape index (κ1) is 19.0. The highest BCUT2D eigenvalue weighted by atomic mass is 16.5. The van der Waals surface area contributed by atoms with Gasteiger partial charge in [-0.25, -0.2) is 0 Å². The minimum Gasteiger partial charge on any atom is -0.497 e. The van der Waals surface area contributed by atoms with Gasteiger partial charge in [0.1, 0.15) is 16.9 Å². The summed E-state index contributed by atoms with van der Waals surface area (Å²) in [5, 5.41) is 2.83. The van der Waals surface area contributed by atoms with Crippen LogP contribution in [0, 0.1) is 5.41 Å². The molecule has 0 bridgehead atoms. The maximum atomic E-state index is 13.0. The molecule has 8 nitrogen and oxygen atoms in total. The lowest BCUT2D eigenvalue weighted by atomic mass is 10.0. The zero-order valence-corrected chi connectivity index (χ0v) is 15.9.